The lowest BCUT2D eigenvalue weighted by molar-refractivity contribution is 0.588. The van der Waals surface area contributed by atoms with Crippen LogP contribution in [0.15, 0.2) is 53.7 Å². The SMILES string of the molecule is N#Cc1cccc(S(=O)(=O)n2cc([C@@H]3CCNC3)c3ncccc32)c1. The lowest BCUT2D eigenvalue weighted by atomic mass is 10.0. The minimum atomic E-state index is -3.80. The molecule has 0 unspecified atom stereocenters. The highest BCUT2D eigenvalue weighted by atomic mass is 32.2. The fraction of sp³-hybridized carbons (Fsp3) is 0.222. The molecule has 0 aliphatic carbocycles. The predicted molar refractivity (Wildman–Crippen MR) is 93.7 cm³/mol. The molecule has 7 heteroatoms. The Kier molecular flexibility index (Phi) is 3.79. The zero-order valence-corrected chi connectivity index (χ0v) is 14.2. The third kappa shape index (κ3) is 2.60. The predicted octanol–water partition coefficient (Wildman–Crippen LogP) is 2.22. The molecule has 1 N–H and O–H groups in total. The van der Waals surface area contributed by atoms with E-state index in [-0.39, 0.29) is 10.8 Å². The van der Waals surface area contributed by atoms with Crippen LogP contribution in [0.5, 0.6) is 0 Å². The van der Waals surface area contributed by atoms with E-state index in [0.717, 1.165) is 30.6 Å². The Morgan fingerprint density at radius 2 is 2.16 bits per heavy atom. The van der Waals surface area contributed by atoms with E-state index in [1.54, 1.807) is 36.7 Å². The number of hydrogen-bond acceptors (Lipinski definition) is 5. The van der Waals surface area contributed by atoms with Crippen LogP contribution < -0.4 is 5.32 Å². The first-order chi connectivity index (χ1) is 12.1. The van der Waals surface area contributed by atoms with Gasteiger partial charge in [-0.05, 0) is 43.3 Å². The minimum absolute atomic E-state index is 0.100. The number of nitrogens with zero attached hydrogens (tertiary/aromatic N) is 3. The van der Waals surface area contributed by atoms with Gasteiger partial charge in [0.25, 0.3) is 10.0 Å². The summed E-state index contributed by atoms with van der Waals surface area (Å²) in [7, 11) is -3.80. The van der Waals surface area contributed by atoms with Crippen LogP contribution in [0.2, 0.25) is 0 Å². The second kappa shape index (κ2) is 5.99. The number of nitriles is 1. The van der Waals surface area contributed by atoms with E-state index >= 15 is 0 Å². The van der Waals surface area contributed by atoms with Gasteiger partial charge in [-0.3, -0.25) is 4.98 Å². The van der Waals surface area contributed by atoms with Crippen LogP contribution >= 0.6 is 0 Å². The maximum atomic E-state index is 13.2. The third-order valence-corrected chi connectivity index (χ3v) is 6.24. The summed E-state index contributed by atoms with van der Waals surface area (Å²) in [5.41, 5.74) is 2.54. The van der Waals surface area contributed by atoms with E-state index in [9.17, 15) is 8.42 Å². The molecule has 3 aromatic rings. The van der Waals surface area contributed by atoms with E-state index in [1.165, 1.54) is 16.1 Å². The maximum absolute atomic E-state index is 13.2. The molecule has 6 nitrogen and oxygen atoms in total. The Hall–Kier alpha value is -2.69. The van der Waals surface area contributed by atoms with Crippen LogP contribution in [-0.4, -0.2) is 30.5 Å². The van der Waals surface area contributed by atoms with E-state index < -0.39 is 10.0 Å². The van der Waals surface area contributed by atoms with E-state index in [1.807, 2.05) is 6.07 Å². The number of nitrogens with one attached hydrogen (secondary N) is 1. The van der Waals surface area contributed by atoms with Crippen molar-refractivity contribution in [2.45, 2.75) is 17.2 Å². The van der Waals surface area contributed by atoms with Crippen molar-refractivity contribution in [1.82, 2.24) is 14.3 Å². The topological polar surface area (TPSA) is 87.8 Å². The van der Waals surface area contributed by atoms with E-state index in [4.69, 9.17) is 5.26 Å². The molecule has 2 aromatic heterocycles. The molecule has 1 aromatic carbocycles. The second-order valence-electron chi connectivity index (χ2n) is 6.09. The Bertz CT molecular complexity index is 1090. The molecule has 4 rings (SSSR count). The molecule has 0 radical (unpaired) electrons. The fourth-order valence-electron chi connectivity index (χ4n) is 3.31. The smallest absolute Gasteiger partial charge is 0.268 e. The molecule has 25 heavy (non-hydrogen) atoms. The summed E-state index contributed by atoms with van der Waals surface area (Å²) >= 11 is 0. The molecule has 0 amide bonds. The molecule has 1 aliphatic rings. The van der Waals surface area contributed by atoms with Gasteiger partial charge in [-0.1, -0.05) is 6.07 Å². The first-order valence-electron chi connectivity index (χ1n) is 8.03. The lowest BCUT2D eigenvalue weighted by Gasteiger charge is -2.07. The van der Waals surface area contributed by atoms with Crippen LogP contribution in [0.4, 0.5) is 0 Å². The van der Waals surface area contributed by atoms with Gasteiger partial charge in [0.2, 0.25) is 0 Å². The summed E-state index contributed by atoms with van der Waals surface area (Å²) in [5.74, 6) is 0.249. The van der Waals surface area contributed by atoms with Crippen LogP contribution in [0.1, 0.15) is 23.5 Å². The molecule has 1 saturated heterocycles. The number of rotatable bonds is 3. The molecule has 1 atom stereocenters. The zero-order valence-electron chi connectivity index (χ0n) is 13.4. The summed E-state index contributed by atoms with van der Waals surface area (Å²) in [6.07, 6.45) is 4.32. The number of aromatic nitrogens is 2. The summed E-state index contributed by atoms with van der Waals surface area (Å²) in [6, 6.07) is 11.6. The maximum Gasteiger partial charge on any atom is 0.268 e. The monoisotopic (exact) mass is 352 g/mol. The van der Waals surface area contributed by atoms with Gasteiger partial charge in [0.15, 0.2) is 0 Å². The molecule has 0 spiro atoms. The highest BCUT2D eigenvalue weighted by Crippen LogP contribution is 2.32. The molecule has 0 bridgehead atoms. The van der Waals surface area contributed by atoms with Gasteiger partial charge in [-0.25, -0.2) is 12.4 Å². The lowest BCUT2D eigenvalue weighted by Crippen LogP contribution is -2.12. The average molecular weight is 352 g/mol. The second-order valence-corrected chi connectivity index (χ2v) is 7.90. The third-order valence-electron chi connectivity index (χ3n) is 4.57. The van der Waals surface area contributed by atoms with Crippen molar-refractivity contribution in [2.24, 2.45) is 0 Å². The molecular formula is C18H16N4O2S. The number of hydrogen-bond donors (Lipinski definition) is 1. The van der Waals surface area contributed by atoms with E-state index in [0.29, 0.717) is 11.1 Å². The number of pyridine rings is 1. The largest absolute Gasteiger partial charge is 0.316 e. The molecule has 3 heterocycles. The summed E-state index contributed by atoms with van der Waals surface area (Å²) < 4.78 is 27.6. The normalized spacial score (nSPS) is 17.6. The van der Waals surface area contributed by atoms with Crippen molar-refractivity contribution in [3.05, 3.63) is 59.9 Å². The van der Waals surface area contributed by atoms with Gasteiger partial charge >= 0.3 is 0 Å². The molecule has 1 fully saturated rings. The first kappa shape index (κ1) is 15.8. The Labute approximate surface area is 145 Å². The van der Waals surface area contributed by atoms with E-state index in [2.05, 4.69) is 10.3 Å². The Balaban J connectivity index is 1.93. The molecular weight excluding hydrogens is 336 g/mol. The van der Waals surface area contributed by atoms with Gasteiger partial charge in [-0.15, -0.1) is 0 Å². The average Bonchev–Trinajstić information content (AvgIpc) is 3.29. The first-order valence-corrected chi connectivity index (χ1v) is 9.47. The minimum Gasteiger partial charge on any atom is -0.316 e. The molecule has 126 valence electrons. The van der Waals surface area contributed by atoms with Crippen molar-refractivity contribution in [2.75, 3.05) is 13.1 Å². The summed E-state index contributed by atoms with van der Waals surface area (Å²) in [4.78, 5) is 4.52. The van der Waals surface area contributed by atoms with Gasteiger partial charge in [0, 0.05) is 30.4 Å². The fourth-order valence-corrected chi connectivity index (χ4v) is 4.72. The van der Waals surface area contributed by atoms with Gasteiger partial charge in [0.1, 0.15) is 0 Å². The van der Waals surface area contributed by atoms with Crippen molar-refractivity contribution in [1.29, 1.82) is 5.26 Å². The van der Waals surface area contributed by atoms with Gasteiger partial charge < -0.3 is 5.32 Å². The summed E-state index contributed by atoms with van der Waals surface area (Å²) in [6.45, 7) is 1.74. The zero-order chi connectivity index (χ0) is 17.4. The Morgan fingerprint density at radius 3 is 2.92 bits per heavy atom. The van der Waals surface area contributed by atoms with Gasteiger partial charge in [-0.2, -0.15) is 5.26 Å². The van der Waals surface area contributed by atoms with Crippen LogP contribution in [0.25, 0.3) is 11.0 Å². The van der Waals surface area contributed by atoms with Crippen LogP contribution in [0.3, 0.4) is 0 Å². The van der Waals surface area contributed by atoms with Gasteiger partial charge in [0.05, 0.1) is 27.6 Å². The van der Waals surface area contributed by atoms with Crippen molar-refractivity contribution in [3.8, 4) is 6.07 Å². The van der Waals surface area contributed by atoms with Crippen molar-refractivity contribution < 1.29 is 8.42 Å². The highest BCUT2D eigenvalue weighted by Gasteiger charge is 2.26. The summed E-state index contributed by atoms with van der Waals surface area (Å²) in [5, 5.41) is 12.4. The van der Waals surface area contributed by atoms with Crippen LogP contribution in [0, 0.1) is 11.3 Å². The standard InChI is InChI=1S/C18H16N4O2S/c19-10-13-3-1-4-15(9-13)25(23,24)22-12-16(14-6-8-20-11-14)18-17(22)5-2-7-21-18/h1-5,7,9,12,14,20H,6,8,11H2/t14-/m1/s1. The quantitative estimate of drug-likeness (QED) is 0.781. The highest BCUT2D eigenvalue weighted by molar-refractivity contribution is 7.90. The van der Waals surface area contributed by atoms with Crippen LogP contribution in [-0.2, 0) is 10.0 Å². The number of fused-ring (bicyclic) bond motifs is 1. The molecule has 0 saturated carbocycles. The van der Waals surface area contributed by atoms with Crippen molar-refractivity contribution >= 4 is 21.1 Å². The Morgan fingerprint density at radius 1 is 1.28 bits per heavy atom. The number of benzene rings is 1. The van der Waals surface area contributed by atoms with Crippen molar-refractivity contribution in [3.63, 3.8) is 0 Å². The molecule has 1 aliphatic heterocycles.